The maximum Gasteiger partial charge on any atom is 0.509 e. The first-order chi connectivity index (χ1) is 7.22. The van der Waals surface area contributed by atoms with Crippen LogP contribution >= 0.6 is 0 Å². The lowest BCUT2D eigenvalue weighted by Crippen LogP contribution is -2.38. The molecule has 0 radical (unpaired) electrons. The zero-order valence-electron chi connectivity index (χ0n) is 11.0. The Labute approximate surface area is 97.0 Å². The molecule has 0 aliphatic heterocycles. The van der Waals surface area contributed by atoms with Crippen LogP contribution in [0.5, 0.6) is 0 Å². The van der Waals surface area contributed by atoms with E-state index in [9.17, 15) is 4.79 Å². The quantitative estimate of drug-likeness (QED) is 0.658. The van der Waals surface area contributed by atoms with Crippen molar-refractivity contribution in [3.8, 4) is 0 Å². The van der Waals surface area contributed by atoms with Crippen LogP contribution in [0.1, 0.15) is 27.7 Å². The van der Waals surface area contributed by atoms with E-state index in [4.69, 9.17) is 18.9 Å². The predicted octanol–water partition coefficient (Wildman–Crippen LogP) is 1.99. The number of carbonyl (C=O) groups is 1. The molecule has 5 nitrogen and oxygen atoms in total. The van der Waals surface area contributed by atoms with Gasteiger partial charge in [-0.05, 0) is 27.7 Å². The highest BCUT2D eigenvalue weighted by molar-refractivity contribution is 5.61. The first-order valence-electron chi connectivity index (χ1n) is 5.12. The monoisotopic (exact) mass is 234 g/mol. The molecule has 0 bridgehead atoms. The molecule has 0 saturated heterocycles. The van der Waals surface area contributed by atoms with Crippen molar-refractivity contribution in [2.45, 2.75) is 38.9 Å². The zero-order chi connectivity index (χ0) is 12.8. The molecule has 0 saturated carbocycles. The van der Waals surface area contributed by atoms with Crippen LogP contribution in [0.3, 0.4) is 0 Å². The number of hydrogen-bond acceptors (Lipinski definition) is 5. The van der Waals surface area contributed by atoms with E-state index in [2.05, 4.69) is 0 Å². The number of carbonyl (C=O) groups excluding carboxylic acids is 1. The molecular formula is C11H22O5. The van der Waals surface area contributed by atoms with Gasteiger partial charge in [-0.1, -0.05) is 0 Å². The molecule has 0 aliphatic rings. The van der Waals surface area contributed by atoms with E-state index < -0.39 is 17.4 Å². The minimum absolute atomic E-state index is 0.312. The van der Waals surface area contributed by atoms with Crippen molar-refractivity contribution in [1.82, 2.24) is 0 Å². The Bertz CT molecular complexity index is 200. The second-order valence-corrected chi connectivity index (χ2v) is 4.84. The van der Waals surface area contributed by atoms with Crippen LogP contribution in [-0.4, -0.2) is 44.8 Å². The van der Waals surface area contributed by atoms with E-state index in [1.54, 1.807) is 41.9 Å². The van der Waals surface area contributed by atoms with Gasteiger partial charge in [-0.2, -0.15) is 0 Å². The molecule has 0 aliphatic carbocycles. The molecule has 16 heavy (non-hydrogen) atoms. The zero-order valence-corrected chi connectivity index (χ0v) is 11.0. The molecule has 0 rings (SSSR count). The molecule has 0 aromatic rings. The molecule has 0 fully saturated rings. The van der Waals surface area contributed by atoms with Gasteiger partial charge in [0.2, 0.25) is 0 Å². The Morgan fingerprint density at radius 3 is 1.44 bits per heavy atom. The third-order valence-electron chi connectivity index (χ3n) is 1.70. The second-order valence-electron chi connectivity index (χ2n) is 4.84. The number of rotatable bonds is 6. The molecular weight excluding hydrogens is 212 g/mol. The Kier molecular flexibility index (Phi) is 5.75. The van der Waals surface area contributed by atoms with Crippen molar-refractivity contribution in [3.05, 3.63) is 0 Å². The summed E-state index contributed by atoms with van der Waals surface area (Å²) in [6.45, 7) is 7.63. The molecule has 0 aromatic heterocycles. The van der Waals surface area contributed by atoms with E-state index >= 15 is 0 Å². The predicted molar refractivity (Wildman–Crippen MR) is 59.5 cm³/mol. The average molecular weight is 234 g/mol. The summed E-state index contributed by atoms with van der Waals surface area (Å²) in [5, 5.41) is 0. The van der Waals surface area contributed by atoms with Gasteiger partial charge in [0.15, 0.2) is 0 Å². The van der Waals surface area contributed by atoms with Crippen molar-refractivity contribution in [2.75, 3.05) is 27.4 Å². The molecule has 0 N–H and O–H groups in total. The van der Waals surface area contributed by atoms with Gasteiger partial charge in [-0.15, -0.1) is 0 Å². The van der Waals surface area contributed by atoms with Crippen LogP contribution in [0.15, 0.2) is 0 Å². The first-order valence-corrected chi connectivity index (χ1v) is 5.12. The minimum atomic E-state index is -0.718. The Balaban J connectivity index is 4.17. The Morgan fingerprint density at radius 2 is 1.19 bits per heavy atom. The molecule has 0 atom stereocenters. The fourth-order valence-electron chi connectivity index (χ4n) is 1.23. The van der Waals surface area contributed by atoms with Crippen molar-refractivity contribution >= 4 is 6.16 Å². The lowest BCUT2D eigenvalue weighted by Gasteiger charge is -2.28. The van der Waals surface area contributed by atoms with Crippen molar-refractivity contribution in [1.29, 1.82) is 0 Å². The summed E-state index contributed by atoms with van der Waals surface area (Å²) in [5.41, 5.74) is -1.40. The molecule has 96 valence electrons. The molecule has 5 heteroatoms. The number of methoxy groups -OCH3 is 2. The maximum atomic E-state index is 11.5. The fourth-order valence-corrected chi connectivity index (χ4v) is 1.23. The summed E-state index contributed by atoms with van der Waals surface area (Å²) in [5.74, 6) is 0. The summed E-state index contributed by atoms with van der Waals surface area (Å²) in [7, 11) is 3.09. The highest BCUT2D eigenvalue weighted by Crippen LogP contribution is 2.15. The lowest BCUT2D eigenvalue weighted by atomic mass is 10.1. The van der Waals surface area contributed by atoms with Crippen molar-refractivity contribution < 1.29 is 23.7 Å². The third-order valence-corrected chi connectivity index (χ3v) is 1.70. The van der Waals surface area contributed by atoms with Crippen LogP contribution in [0.25, 0.3) is 0 Å². The highest BCUT2D eigenvalue weighted by Gasteiger charge is 2.29. The molecule has 0 amide bonds. The van der Waals surface area contributed by atoms with Gasteiger partial charge >= 0.3 is 6.16 Å². The summed E-state index contributed by atoms with van der Waals surface area (Å²) >= 11 is 0. The van der Waals surface area contributed by atoms with Crippen LogP contribution < -0.4 is 0 Å². The van der Waals surface area contributed by atoms with E-state index in [0.717, 1.165) is 0 Å². The SMILES string of the molecule is COCC(C)(C)OC(=O)OC(C)(C)COC. The fraction of sp³-hybridized carbons (Fsp3) is 0.909. The van der Waals surface area contributed by atoms with E-state index in [0.29, 0.717) is 13.2 Å². The first kappa shape index (κ1) is 15.2. The summed E-state index contributed by atoms with van der Waals surface area (Å²) < 4.78 is 20.1. The highest BCUT2D eigenvalue weighted by atomic mass is 16.7. The number of hydrogen-bond donors (Lipinski definition) is 0. The van der Waals surface area contributed by atoms with Gasteiger partial charge in [0, 0.05) is 14.2 Å². The van der Waals surface area contributed by atoms with Gasteiger partial charge < -0.3 is 18.9 Å². The Morgan fingerprint density at radius 1 is 0.875 bits per heavy atom. The third kappa shape index (κ3) is 6.63. The van der Waals surface area contributed by atoms with Crippen LogP contribution in [0.2, 0.25) is 0 Å². The Hall–Kier alpha value is -0.810. The standard InChI is InChI=1S/C11H22O5/c1-10(2,7-13-5)15-9(12)16-11(3,4)8-14-6/h7-8H2,1-6H3. The smallest absolute Gasteiger partial charge is 0.426 e. The van der Waals surface area contributed by atoms with Crippen molar-refractivity contribution in [2.24, 2.45) is 0 Å². The van der Waals surface area contributed by atoms with Gasteiger partial charge in [0.1, 0.15) is 11.2 Å². The van der Waals surface area contributed by atoms with Crippen LogP contribution in [-0.2, 0) is 18.9 Å². The summed E-state index contributed by atoms with van der Waals surface area (Å²) in [4.78, 5) is 11.5. The largest absolute Gasteiger partial charge is 0.509 e. The average Bonchev–Trinajstić information content (AvgIpc) is 1.99. The number of ether oxygens (including phenoxy) is 4. The lowest BCUT2D eigenvalue weighted by molar-refractivity contribution is -0.0943. The van der Waals surface area contributed by atoms with Crippen LogP contribution in [0, 0.1) is 0 Å². The van der Waals surface area contributed by atoms with E-state index in [1.165, 1.54) is 0 Å². The van der Waals surface area contributed by atoms with Gasteiger partial charge in [-0.25, -0.2) is 4.79 Å². The maximum absolute atomic E-state index is 11.5. The van der Waals surface area contributed by atoms with Gasteiger partial charge in [0.05, 0.1) is 13.2 Å². The minimum Gasteiger partial charge on any atom is -0.426 e. The van der Waals surface area contributed by atoms with E-state index in [-0.39, 0.29) is 0 Å². The second kappa shape index (κ2) is 6.06. The van der Waals surface area contributed by atoms with Gasteiger partial charge in [0.25, 0.3) is 0 Å². The topological polar surface area (TPSA) is 54.0 Å². The van der Waals surface area contributed by atoms with Crippen molar-refractivity contribution in [3.63, 3.8) is 0 Å². The van der Waals surface area contributed by atoms with Gasteiger partial charge in [-0.3, -0.25) is 0 Å². The summed E-state index contributed by atoms with van der Waals surface area (Å²) in [6, 6.07) is 0. The van der Waals surface area contributed by atoms with E-state index in [1.807, 2.05) is 0 Å². The molecule has 0 aromatic carbocycles. The molecule has 0 unspecified atom stereocenters. The molecule has 0 heterocycles. The normalized spacial score (nSPS) is 12.4. The molecule has 0 spiro atoms. The van der Waals surface area contributed by atoms with Crippen LogP contribution in [0.4, 0.5) is 4.79 Å². The summed E-state index contributed by atoms with van der Waals surface area (Å²) in [6.07, 6.45) is -0.718.